The van der Waals surface area contributed by atoms with Crippen LogP contribution in [0.15, 0.2) is 59.8 Å². The maximum absolute atomic E-state index is 12.8. The third-order valence-electron chi connectivity index (χ3n) is 5.15. The lowest BCUT2D eigenvalue weighted by molar-refractivity contribution is -0.136. The number of urea groups is 1. The van der Waals surface area contributed by atoms with Crippen molar-refractivity contribution in [1.29, 1.82) is 0 Å². The van der Waals surface area contributed by atoms with Crippen molar-refractivity contribution in [3.05, 3.63) is 81.0 Å². The number of halogens is 2. The van der Waals surface area contributed by atoms with Crippen LogP contribution in [-0.4, -0.2) is 42.5 Å². The van der Waals surface area contributed by atoms with E-state index >= 15 is 0 Å². The summed E-state index contributed by atoms with van der Waals surface area (Å²) in [5.41, 5.74) is 2.47. The van der Waals surface area contributed by atoms with Gasteiger partial charge in [0.2, 0.25) is 5.91 Å². The van der Waals surface area contributed by atoms with E-state index in [4.69, 9.17) is 27.9 Å². The Morgan fingerprint density at radius 3 is 2.39 bits per heavy atom. The smallest absolute Gasteiger partial charge is 0.338 e. The Hall–Kier alpha value is -3.03. The summed E-state index contributed by atoms with van der Waals surface area (Å²) in [5, 5.41) is 6.78. The number of hydrogen-bond donors (Lipinski definition) is 2. The van der Waals surface area contributed by atoms with Gasteiger partial charge >= 0.3 is 12.0 Å². The van der Waals surface area contributed by atoms with Crippen LogP contribution in [0.25, 0.3) is 0 Å². The van der Waals surface area contributed by atoms with E-state index in [0.717, 1.165) is 5.56 Å². The van der Waals surface area contributed by atoms with Crippen molar-refractivity contribution in [2.75, 3.05) is 19.7 Å². The molecule has 0 aromatic heterocycles. The minimum atomic E-state index is -0.654. The van der Waals surface area contributed by atoms with Gasteiger partial charge in [-0.3, -0.25) is 9.69 Å². The highest BCUT2D eigenvalue weighted by molar-refractivity contribution is 6.30. The lowest BCUT2D eigenvalue weighted by Gasteiger charge is -2.32. The molecule has 0 radical (unpaired) electrons. The molecule has 3 amide bonds. The lowest BCUT2D eigenvalue weighted by Crippen LogP contribution is -2.50. The van der Waals surface area contributed by atoms with Gasteiger partial charge < -0.3 is 15.4 Å². The van der Waals surface area contributed by atoms with Crippen LogP contribution in [0.5, 0.6) is 0 Å². The number of amides is 3. The highest BCUT2D eigenvalue weighted by Crippen LogP contribution is 2.35. The Labute approximate surface area is 189 Å². The Balaban J connectivity index is 1.44. The fraction of sp³-hybridized carbons (Fsp3) is 0.227. The van der Waals surface area contributed by atoms with Crippen LogP contribution in [0.1, 0.15) is 17.2 Å². The summed E-state index contributed by atoms with van der Waals surface area (Å²) in [7, 11) is 0. The van der Waals surface area contributed by atoms with E-state index in [9.17, 15) is 14.4 Å². The summed E-state index contributed by atoms with van der Waals surface area (Å²) in [6.07, 6.45) is 0.628. The first-order valence-corrected chi connectivity index (χ1v) is 10.4. The fourth-order valence-electron chi connectivity index (χ4n) is 3.58. The van der Waals surface area contributed by atoms with E-state index in [1.54, 1.807) is 36.4 Å². The summed E-state index contributed by atoms with van der Waals surface area (Å²) < 4.78 is 5.17. The predicted octanol–water partition coefficient (Wildman–Crippen LogP) is 3.23. The van der Waals surface area contributed by atoms with Gasteiger partial charge in [0.25, 0.3) is 0 Å². The van der Waals surface area contributed by atoms with Crippen LogP contribution in [0.3, 0.4) is 0 Å². The molecule has 2 aromatic rings. The minimum Gasteiger partial charge on any atom is -0.456 e. The first-order chi connectivity index (χ1) is 14.9. The van der Waals surface area contributed by atoms with Crippen molar-refractivity contribution in [2.24, 2.45) is 0 Å². The molecule has 0 saturated heterocycles. The van der Waals surface area contributed by atoms with E-state index < -0.39 is 18.0 Å². The fourth-order valence-corrected chi connectivity index (χ4v) is 3.83. The lowest BCUT2D eigenvalue weighted by atomic mass is 9.96. The van der Waals surface area contributed by atoms with Gasteiger partial charge in [-0.2, -0.15) is 0 Å². The largest absolute Gasteiger partial charge is 0.456 e. The highest BCUT2D eigenvalue weighted by Gasteiger charge is 2.42. The molecule has 160 valence electrons. The number of carbonyl (C=O) groups excluding carboxylic acids is 3. The van der Waals surface area contributed by atoms with Gasteiger partial charge in [-0.1, -0.05) is 47.5 Å². The average Bonchev–Trinajstić information content (AvgIpc) is 3.13. The molecular formula is C22H19Cl2N3O4. The zero-order valence-corrected chi connectivity index (χ0v) is 17.9. The number of ether oxygens (including phenoxy) is 1. The van der Waals surface area contributed by atoms with E-state index in [1.165, 1.54) is 4.90 Å². The molecule has 0 unspecified atom stereocenters. The van der Waals surface area contributed by atoms with Crippen molar-refractivity contribution in [2.45, 2.75) is 12.5 Å². The zero-order valence-electron chi connectivity index (χ0n) is 16.4. The monoisotopic (exact) mass is 459 g/mol. The molecule has 7 nitrogen and oxygen atoms in total. The number of cyclic esters (lactones) is 1. The Morgan fingerprint density at radius 1 is 1.06 bits per heavy atom. The molecule has 2 aliphatic heterocycles. The Bertz CT molecular complexity index is 1050. The molecule has 9 heteroatoms. The van der Waals surface area contributed by atoms with Gasteiger partial charge in [-0.05, 0) is 41.8 Å². The second-order valence-electron chi connectivity index (χ2n) is 7.18. The molecule has 4 rings (SSSR count). The van der Waals surface area contributed by atoms with Crippen molar-refractivity contribution in [1.82, 2.24) is 15.5 Å². The normalized spacial score (nSPS) is 17.9. The minimum absolute atomic E-state index is 0.0519. The molecule has 2 aliphatic rings. The third kappa shape index (κ3) is 4.68. The molecule has 0 aliphatic carbocycles. The second-order valence-corrected chi connectivity index (χ2v) is 8.06. The molecule has 0 fully saturated rings. The standard InChI is InChI=1S/C22H19Cl2N3O4/c23-15-5-1-13(2-6-15)9-10-25-18(28)11-27-17-12-31-21(29)19(17)20(26-22(27)30)14-3-7-16(24)8-4-14/h1-8,20H,9-12H2,(H,25,28)(H,26,30)/t20-/m0/s1. The van der Waals surface area contributed by atoms with E-state index in [0.29, 0.717) is 39.8 Å². The summed E-state index contributed by atoms with van der Waals surface area (Å²) in [6, 6.07) is 13.1. The van der Waals surface area contributed by atoms with Gasteiger partial charge in [-0.15, -0.1) is 0 Å². The van der Waals surface area contributed by atoms with E-state index in [1.807, 2.05) is 12.1 Å². The third-order valence-corrected chi connectivity index (χ3v) is 5.66. The number of esters is 1. The zero-order chi connectivity index (χ0) is 22.0. The molecule has 1 atom stereocenters. The molecular weight excluding hydrogens is 441 g/mol. The van der Waals surface area contributed by atoms with Gasteiger partial charge in [0.05, 0.1) is 17.3 Å². The van der Waals surface area contributed by atoms with Gasteiger partial charge in [0.15, 0.2) is 0 Å². The number of carbonyl (C=O) groups is 3. The Kier molecular flexibility index (Phi) is 6.15. The molecule has 0 bridgehead atoms. The van der Waals surface area contributed by atoms with Crippen LogP contribution in [-0.2, 0) is 20.7 Å². The molecule has 0 saturated carbocycles. The molecule has 2 aromatic carbocycles. The van der Waals surface area contributed by atoms with Crippen LogP contribution < -0.4 is 10.6 Å². The predicted molar refractivity (Wildman–Crippen MR) is 116 cm³/mol. The number of nitrogens with one attached hydrogen (secondary N) is 2. The molecule has 2 N–H and O–H groups in total. The first-order valence-electron chi connectivity index (χ1n) is 9.67. The maximum Gasteiger partial charge on any atom is 0.338 e. The average molecular weight is 460 g/mol. The summed E-state index contributed by atoms with van der Waals surface area (Å²) in [5.74, 6) is -0.844. The highest BCUT2D eigenvalue weighted by atomic mass is 35.5. The quantitative estimate of drug-likeness (QED) is 0.649. The SMILES string of the molecule is O=C(CN1C(=O)N[C@@H](c2ccc(Cl)cc2)C2=C1COC2=O)NCCc1ccc(Cl)cc1. The topological polar surface area (TPSA) is 87.7 Å². The Morgan fingerprint density at radius 2 is 1.71 bits per heavy atom. The van der Waals surface area contributed by atoms with Crippen molar-refractivity contribution in [3.63, 3.8) is 0 Å². The summed E-state index contributed by atoms with van der Waals surface area (Å²) in [4.78, 5) is 38.8. The van der Waals surface area contributed by atoms with Crippen molar-refractivity contribution >= 4 is 41.1 Å². The number of benzene rings is 2. The maximum atomic E-state index is 12.8. The van der Waals surface area contributed by atoms with Gasteiger partial charge in [-0.25, -0.2) is 9.59 Å². The number of nitrogens with zero attached hydrogens (tertiary/aromatic N) is 1. The van der Waals surface area contributed by atoms with E-state index in [-0.39, 0.29) is 19.1 Å². The molecule has 0 spiro atoms. The van der Waals surface area contributed by atoms with E-state index in [2.05, 4.69) is 10.6 Å². The van der Waals surface area contributed by atoms with Crippen LogP contribution >= 0.6 is 23.2 Å². The van der Waals surface area contributed by atoms with Crippen molar-refractivity contribution in [3.8, 4) is 0 Å². The first kappa shape index (κ1) is 21.2. The van der Waals surface area contributed by atoms with Crippen molar-refractivity contribution < 1.29 is 19.1 Å². The van der Waals surface area contributed by atoms with Crippen LogP contribution in [0.4, 0.5) is 4.79 Å². The second kappa shape index (κ2) is 8.99. The van der Waals surface area contributed by atoms with Crippen LogP contribution in [0, 0.1) is 0 Å². The van der Waals surface area contributed by atoms with Gasteiger partial charge in [0.1, 0.15) is 13.2 Å². The van der Waals surface area contributed by atoms with Crippen LogP contribution in [0.2, 0.25) is 10.0 Å². The summed E-state index contributed by atoms with van der Waals surface area (Å²) in [6.45, 7) is 0.143. The number of hydrogen-bond acceptors (Lipinski definition) is 4. The summed E-state index contributed by atoms with van der Waals surface area (Å²) >= 11 is 11.8. The number of rotatable bonds is 6. The van der Waals surface area contributed by atoms with Gasteiger partial charge in [0, 0.05) is 16.6 Å². The molecule has 2 heterocycles. The molecule has 31 heavy (non-hydrogen) atoms.